The lowest BCUT2D eigenvalue weighted by Gasteiger charge is -2.08. The number of hydrogen-bond donors (Lipinski definition) is 0. The maximum atomic E-state index is 11.7. The van der Waals surface area contributed by atoms with Crippen molar-refractivity contribution in [3.63, 3.8) is 0 Å². The Balaban J connectivity index is 1.96. The normalized spacial score (nSPS) is 10.9. The number of hydrogen-bond acceptors (Lipinski definition) is 3. The molecular weight excluding hydrogens is 270 g/mol. The van der Waals surface area contributed by atoms with Gasteiger partial charge in [-0.25, -0.2) is 0 Å². The van der Waals surface area contributed by atoms with Crippen LogP contribution < -0.4 is 5.56 Å². The first-order valence-corrected chi connectivity index (χ1v) is 6.54. The van der Waals surface area contributed by atoms with E-state index < -0.39 is 0 Å². The van der Waals surface area contributed by atoms with Crippen LogP contribution in [0.15, 0.2) is 59.7 Å². The molecule has 3 aromatic rings. The van der Waals surface area contributed by atoms with Gasteiger partial charge in [-0.2, -0.15) is 0 Å². The van der Waals surface area contributed by atoms with Gasteiger partial charge >= 0.3 is 0 Å². The molecule has 0 atom stereocenters. The lowest BCUT2D eigenvalue weighted by molar-refractivity contribution is -0.383. The van der Waals surface area contributed by atoms with Gasteiger partial charge in [-0.15, -0.1) is 0 Å². The Morgan fingerprint density at radius 3 is 2.52 bits per heavy atom. The van der Waals surface area contributed by atoms with Crippen molar-refractivity contribution in [1.82, 2.24) is 9.13 Å². The van der Waals surface area contributed by atoms with E-state index in [-0.39, 0.29) is 16.2 Å². The third-order valence-electron chi connectivity index (χ3n) is 3.44. The number of nitro groups is 1. The van der Waals surface area contributed by atoms with Gasteiger partial charge in [0.2, 0.25) is 0 Å². The summed E-state index contributed by atoms with van der Waals surface area (Å²) in [6.07, 6.45) is 3.52. The molecule has 0 fully saturated rings. The van der Waals surface area contributed by atoms with Gasteiger partial charge < -0.3 is 9.13 Å². The summed E-state index contributed by atoms with van der Waals surface area (Å²) < 4.78 is 3.40. The molecule has 0 aliphatic rings. The van der Waals surface area contributed by atoms with Crippen molar-refractivity contribution >= 4 is 16.6 Å². The third kappa shape index (κ3) is 2.43. The molecular formula is C15H13N3O3. The van der Waals surface area contributed by atoms with Crippen LogP contribution in [-0.4, -0.2) is 14.1 Å². The van der Waals surface area contributed by atoms with E-state index in [2.05, 4.69) is 0 Å². The smallest absolute Gasteiger partial charge is 0.293 e. The van der Waals surface area contributed by atoms with E-state index in [0.29, 0.717) is 18.6 Å². The fraction of sp³-hybridized carbons (Fsp3) is 0.133. The minimum absolute atomic E-state index is 0.0801. The van der Waals surface area contributed by atoms with Crippen LogP contribution in [0.5, 0.6) is 0 Å². The van der Waals surface area contributed by atoms with Crippen LogP contribution in [-0.2, 0) is 13.1 Å². The molecule has 0 N–H and O–H groups in total. The second kappa shape index (κ2) is 5.24. The molecule has 0 radical (unpaired) electrons. The van der Waals surface area contributed by atoms with Crippen LogP contribution in [0.3, 0.4) is 0 Å². The van der Waals surface area contributed by atoms with Gasteiger partial charge in [-0.05, 0) is 12.1 Å². The van der Waals surface area contributed by atoms with E-state index in [4.69, 9.17) is 0 Å². The Morgan fingerprint density at radius 2 is 1.76 bits per heavy atom. The number of pyridine rings is 1. The van der Waals surface area contributed by atoms with Crippen molar-refractivity contribution < 1.29 is 4.92 Å². The molecule has 3 rings (SSSR count). The molecule has 1 aromatic carbocycles. The summed E-state index contributed by atoms with van der Waals surface area (Å²) in [5, 5.41) is 12.0. The molecule has 2 aromatic heterocycles. The van der Waals surface area contributed by atoms with Crippen LogP contribution in [0.2, 0.25) is 0 Å². The summed E-state index contributed by atoms with van der Waals surface area (Å²) in [5.74, 6) is 0. The molecule has 0 saturated carbocycles. The van der Waals surface area contributed by atoms with Gasteiger partial charge in [-0.1, -0.05) is 18.2 Å². The topological polar surface area (TPSA) is 70.1 Å². The number of aromatic nitrogens is 2. The summed E-state index contributed by atoms with van der Waals surface area (Å²) in [7, 11) is 0. The average Bonchev–Trinajstić information content (AvgIpc) is 2.89. The zero-order valence-electron chi connectivity index (χ0n) is 11.2. The van der Waals surface area contributed by atoms with Crippen molar-refractivity contribution in [2.45, 2.75) is 13.1 Å². The minimum Gasteiger partial charge on any atom is -0.340 e. The number of non-ortho nitro benzene ring substituents is 1. The van der Waals surface area contributed by atoms with Gasteiger partial charge in [0.05, 0.1) is 4.92 Å². The maximum Gasteiger partial charge on any atom is 0.293 e. The molecule has 0 aliphatic carbocycles. The highest BCUT2D eigenvalue weighted by Crippen LogP contribution is 2.26. The number of para-hydroxylation sites is 1. The van der Waals surface area contributed by atoms with Crippen molar-refractivity contribution in [3.05, 3.63) is 75.3 Å². The molecule has 6 nitrogen and oxygen atoms in total. The average molecular weight is 283 g/mol. The van der Waals surface area contributed by atoms with Gasteiger partial charge in [-0.3, -0.25) is 14.9 Å². The van der Waals surface area contributed by atoms with Crippen molar-refractivity contribution in [2.75, 3.05) is 0 Å². The molecule has 0 spiro atoms. The number of aryl methyl sites for hydroxylation is 2. The highest BCUT2D eigenvalue weighted by molar-refractivity contribution is 5.88. The Labute approximate surface area is 120 Å². The van der Waals surface area contributed by atoms with Crippen LogP contribution in [0.25, 0.3) is 10.9 Å². The van der Waals surface area contributed by atoms with E-state index >= 15 is 0 Å². The van der Waals surface area contributed by atoms with Crippen molar-refractivity contribution in [3.8, 4) is 0 Å². The predicted octanol–water partition coefficient (Wildman–Crippen LogP) is 2.41. The van der Waals surface area contributed by atoms with Gasteiger partial charge in [0.15, 0.2) is 0 Å². The lowest BCUT2D eigenvalue weighted by atomic mass is 10.2. The summed E-state index contributed by atoms with van der Waals surface area (Å²) >= 11 is 0. The highest BCUT2D eigenvalue weighted by atomic mass is 16.6. The molecule has 2 heterocycles. The molecule has 0 saturated heterocycles. The quantitative estimate of drug-likeness (QED) is 0.545. The number of nitrogens with zero attached hydrogens (tertiary/aromatic N) is 3. The summed E-state index contributed by atoms with van der Waals surface area (Å²) in [6, 6.07) is 11.8. The third-order valence-corrected chi connectivity index (χ3v) is 3.44. The minimum atomic E-state index is -0.381. The molecule has 0 bridgehead atoms. The van der Waals surface area contributed by atoms with E-state index in [0.717, 1.165) is 5.39 Å². The first-order chi connectivity index (χ1) is 10.2. The first-order valence-electron chi connectivity index (χ1n) is 6.54. The van der Waals surface area contributed by atoms with Gasteiger partial charge in [0.1, 0.15) is 5.52 Å². The Morgan fingerprint density at radius 1 is 0.952 bits per heavy atom. The van der Waals surface area contributed by atoms with Crippen molar-refractivity contribution in [2.24, 2.45) is 0 Å². The van der Waals surface area contributed by atoms with E-state index in [1.54, 1.807) is 29.0 Å². The fourth-order valence-corrected chi connectivity index (χ4v) is 2.44. The maximum absolute atomic E-state index is 11.7. The van der Waals surface area contributed by atoms with E-state index in [1.165, 1.54) is 12.1 Å². The Hall–Kier alpha value is -2.89. The molecule has 106 valence electrons. The predicted molar refractivity (Wildman–Crippen MR) is 79.3 cm³/mol. The molecule has 21 heavy (non-hydrogen) atoms. The van der Waals surface area contributed by atoms with Gasteiger partial charge in [0.25, 0.3) is 11.2 Å². The zero-order chi connectivity index (χ0) is 14.8. The number of rotatable bonds is 4. The molecule has 0 unspecified atom stereocenters. The first kappa shape index (κ1) is 13.1. The highest BCUT2D eigenvalue weighted by Gasteiger charge is 2.15. The molecule has 0 aliphatic heterocycles. The fourth-order valence-electron chi connectivity index (χ4n) is 2.44. The zero-order valence-corrected chi connectivity index (χ0v) is 11.2. The number of benzene rings is 1. The standard InChI is InChI=1S/C15H13N3O3/c19-14-6-1-2-8-16(14)10-11-17-9-7-12-4-3-5-13(15(12)17)18(20)21/h1-9H,10-11H2. The molecule has 0 amide bonds. The van der Waals surface area contributed by atoms with Crippen LogP contribution >= 0.6 is 0 Å². The van der Waals surface area contributed by atoms with Crippen molar-refractivity contribution in [1.29, 1.82) is 0 Å². The summed E-state index contributed by atoms with van der Waals surface area (Å²) in [5.41, 5.74) is 0.591. The van der Waals surface area contributed by atoms with Crippen LogP contribution in [0, 0.1) is 10.1 Å². The second-order valence-electron chi connectivity index (χ2n) is 4.71. The Bertz CT molecular complexity index is 864. The number of fused-ring (bicyclic) bond motifs is 1. The second-order valence-corrected chi connectivity index (χ2v) is 4.71. The SMILES string of the molecule is O=c1ccccn1CCn1ccc2cccc([N+](=O)[O-])c21. The van der Waals surface area contributed by atoms with Gasteiger partial charge in [0, 0.05) is 43.0 Å². The van der Waals surface area contributed by atoms with Crippen LogP contribution in [0.1, 0.15) is 0 Å². The Kier molecular flexibility index (Phi) is 3.27. The van der Waals surface area contributed by atoms with E-state index in [1.807, 2.05) is 22.9 Å². The number of nitro benzene ring substituents is 1. The lowest BCUT2D eigenvalue weighted by Crippen LogP contribution is -2.20. The summed E-state index contributed by atoms with van der Waals surface area (Å²) in [6.45, 7) is 0.966. The summed E-state index contributed by atoms with van der Waals surface area (Å²) in [4.78, 5) is 22.4. The molecule has 6 heteroatoms. The largest absolute Gasteiger partial charge is 0.340 e. The van der Waals surface area contributed by atoms with E-state index in [9.17, 15) is 14.9 Å². The van der Waals surface area contributed by atoms with Crippen LogP contribution in [0.4, 0.5) is 5.69 Å². The monoisotopic (exact) mass is 283 g/mol.